The summed E-state index contributed by atoms with van der Waals surface area (Å²) in [5.74, 6) is 3.23. The molecule has 3 unspecified atom stereocenters. The second kappa shape index (κ2) is 14.0. The third kappa shape index (κ3) is 7.55. The molecular formula is C38H52O. The van der Waals surface area contributed by atoms with Crippen molar-refractivity contribution in [2.45, 2.75) is 129 Å². The van der Waals surface area contributed by atoms with E-state index in [2.05, 4.69) is 56.0 Å². The Hall–Kier alpha value is -2.11. The first-order valence-corrected chi connectivity index (χ1v) is 16.5. The molecule has 1 heteroatoms. The SMILES string of the molecule is CC1=C(C2=C=CCC3=C2C=CC=CC3)CCC=C(CC2CCCC(CCC(=O)C3CCCCC3)C2)C(C)CC1. The molecule has 0 aliphatic heterocycles. The van der Waals surface area contributed by atoms with E-state index in [9.17, 15) is 4.79 Å². The number of allylic oxidation sites excluding steroid dienone is 11. The Morgan fingerprint density at radius 3 is 2.67 bits per heavy atom. The third-order valence-corrected chi connectivity index (χ3v) is 10.6. The normalized spacial score (nSPS) is 28.7. The van der Waals surface area contributed by atoms with Gasteiger partial charge in [0.25, 0.3) is 0 Å². The molecule has 210 valence electrons. The highest BCUT2D eigenvalue weighted by atomic mass is 16.1. The molecular weight excluding hydrogens is 472 g/mol. The van der Waals surface area contributed by atoms with Crippen LogP contribution >= 0.6 is 0 Å². The quantitative estimate of drug-likeness (QED) is 0.239. The summed E-state index contributed by atoms with van der Waals surface area (Å²) in [6.45, 7) is 4.86. The Labute approximate surface area is 239 Å². The molecule has 0 aromatic heterocycles. The molecule has 5 aliphatic rings. The number of carbonyl (C=O) groups is 1. The van der Waals surface area contributed by atoms with Gasteiger partial charge in [-0.2, -0.15) is 0 Å². The molecule has 0 N–H and O–H groups in total. The summed E-state index contributed by atoms with van der Waals surface area (Å²) < 4.78 is 0. The van der Waals surface area contributed by atoms with Crippen LogP contribution in [0.25, 0.3) is 0 Å². The maximum Gasteiger partial charge on any atom is 0.135 e. The maximum atomic E-state index is 12.8. The number of hydrogen-bond acceptors (Lipinski definition) is 1. The van der Waals surface area contributed by atoms with Gasteiger partial charge in [0.05, 0.1) is 0 Å². The smallest absolute Gasteiger partial charge is 0.135 e. The van der Waals surface area contributed by atoms with Gasteiger partial charge in [0.15, 0.2) is 0 Å². The van der Waals surface area contributed by atoms with Gasteiger partial charge in [0.1, 0.15) is 5.78 Å². The van der Waals surface area contributed by atoms with E-state index in [-0.39, 0.29) is 0 Å². The van der Waals surface area contributed by atoms with Crippen molar-refractivity contribution in [3.63, 3.8) is 0 Å². The monoisotopic (exact) mass is 524 g/mol. The Kier molecular flexibility index (Phi) is 10.2. The molecule has 39 heavy (non-hydrogen) atoms. The average Bonchev–Trinajstić information content (AvgIpc) is 3.19. The minimum absolute atomic E-state index is 0.392. The number of rotatable bonds is 7. The summed E-state index contributed by atoms with van der Waals surface area (Å²) in [4.78, 5) is 12.8. The molecule has 2 fully saturated rings. The number of carbonyl (C=O) groups excluding carboxylic acids is 1. The van der Waals surface area contributed by atoms with Crippen molar-refractivity contribution < 1.29 is 4.79 Å². The van der Waals surface area contributed by atoms with E-state index in [0.717, 1.165) is 63.2 Å². The molecule has 5 aliphatic carbocycles. The lowest BCUT2D eigenvalue weighted by molar-refractivity contribution is -0.124. The lowest BCUT2D eigenvalue weighted by atomic mass is 9.74. The van der Waals surface area contributed by atoms with Crippen LogP contribution in [-0.4, -0.2) is 5.78 Å². The van der Waals surface area contributed by atoms with E-state index in [1.54, 1.807) is 22.3 Å². The van der Waals surface area contributed by atoms with Crippen molar-refractivity contribution in [2.75, 3.05) is 0 Å². The Balaban J connectivity index is 1.19. The molecule has 0 amide bonds. The maximum absolute atomic E-state index is 12.8. The fourth-order valence-electron chi connectivity index (χ4n) is 8.09. The van der Waals surface area contributed by atoms with Crippen molar-refractivity contribution in [2.24, 2.45) is 23.7 Å². The summed E-state index contributed by atoms with van der Waals surface area (Å²) in [6, 6.07) is 0. The van der Waals surface area contributed by atoms with E-state index < -0.39 is 0 Å². The highest BCUT2D eigenvalue weighted by Crippen LogP contribution is 2.40. The summed E-state index contributed by atoms with van der Waals surface area (Å²) in [7, 11) is 0. The van der Waals surface area contributed by atoms with Gasteiger partial charge >= 0.3 is 0 Å². The molecule has 0 radical (unpaired) electrons. The third-order valence-electron chi connectivity index (χ3n) is 10.6. The van der Waals surface area contributed by atoms with E-state index >= 15 is 0 Å². The van der Waals surface area contributed by atoms with Crippen LogP contribution in [-0.2, 0) is 4.79 Å². The number of hydrogen-bond donors (Lipinski definition) is 0. The van der Waals surface area contributed by atoms with Crippen LogP contribution < -0.4 is 0 Å². The van der Waals surface area contributed by atoms with Crippen LogP contribution in [0.4, 0.5) is 0 Å². The second-order valence-corrected chi connectivity index (χ2v) is 13.4. The molecule has 1 nitrogen and oxygen atoms in total. The summed E-state index contributed by atoms with van der Waals surface area (Å²) in [5, 5.41) is 0. The predicted octanol–water partition coefficient (Wildman–Crippen LogP) is 10.9. The minimum Gasteiger partial charge on any atom is -0.299 e. The number of ketones is 1. The number of Topliss-reactive ketones (excluding diaryl/α,β-unsaturated/α-hetero) is 1. The van der Waals surface area contributed by atoms with Gasteiger partial charge in [-0.05, 0) is 113 Å². The van der Waals surface area contributed by atoms with Gasteiger partial charge in [-0.25, -0.2) is 0 Å². The topological polar surface area (TPSA) is 17.1 Å². The Bertz CT molecular complexity index is 1110. The standard InChI is InChI=1S/C38H52O/c1-28-22-23-29(2)35(37-21-10-17-32-14-5-4-8-19-36(32)37)20-11-18-34(28)27-31-13-9-12-30(26-31)24-25-38(39)33-15-6-3-7-16-33/h4-5,8,10,18-19,28,30-31,33H,3,6-7,9,11-17,20,22-27H2,1-2H3. The van der Waals surface area contributed by atoms with E-state index in [1.165, 1.54) is 75.4 Å². The fourth-order valence-corrected chi connectivity index (χ4v) is 8.09. The lowest BCUT2D eigenvalue weighted by Gasteiger charge is -2.31. The van der Waals surface area contributed by atoms with Gasteiger partial charge in [0.2, 0.25) is 0 Å². The molecule has 0 spiro atoms. The first kappa shape index (κ1) is 28.4. The van der Waals surface area contributed by atoms with Gasteiger partial charge in [-0.15, -0.1) is 5.73 Å². The average molecular weight is 525 g/mol. The molecule has 0 bridgehead atoms. The van der Waals surface area contributed by atoms with Crippen molar-refractivity contribution in [1.82, 2.24) is 0 Å². The van der Waals surface area contributed by atoms with Gasteiger partial charge < -0.3 is 0 Å². The van der Waals surface area contributed by atoms with Crippen molar-refractivity contribution in [3.8, 4) is 0 Å². The lowest BCUT2D eigenvalue weighted by Crippen LogP contribution is -2.21. The first-order chi connectivity index (χ1) is 19.1. The zero-order chi connectivity index (χ0) is 27.0. The highest BCUT2D eigenvalue weighted by molar-refractivity contribution is 5.81. The van der Waals surface area contributed by atoms with E-state index in [1.807, 2.05) is 0 Å². The summed E-state index contributed by atoms with van der Waals surface area (Å²) in [5.41, 5.74) is 12.9. The zero-order valence-corrected chi connectivity index (χ0v) is 24.9. The highest BCUT2D eigenvalue weighted by Gasteiger charge is 2.27. The van der Waals surface area contributed by atoms with Crippen LogP contribution in [0.1, 0.15) is 129 Å². The Morgan fingerprint density at radius 2 is 1.79 bits per heavy atom. The van der Waals surface area contributed by atoms with Gasteiger partial charge in [0, 0.05) is 17.9 Å². The summed E-state index contributed by atoms with van der Waals surface area (Å²) >= 11 is 0. The Morgan fingerprint density at radius 1 is 0.949 bits per heavy atom. The van der Waals surface area contributed by atoms with Crippen LogP contribution in [0, 0.1) is 23.7 Å². The van der Waals surface area contributed by atoms with Crippen LogP contribution in [0.2, 0.25) is 0 Å². The molecule has 3 atom stereocenters. The molecule has 0 aromatic carbocycles. The molecule has 5 rings (SSSR count). The molecule has 0 aromatic rings. The summed E-state index contributed by atoms with van der Waals surface area (Å²) in [6.07, 6.45) is 35.7. The largest absolute Gasteiger partial charge is 0.299 e. The van der Waals surface area contributed by atoms with Gasteiger partial charge in [-0.3, -0.25) is 4.79 Å². The first-order valence-electron chi connectivity index (χ1n) is 16.5. The van der Waals surface area contributed by atoms with Crippen LogP contribution in [0.3, 0.4) is 0 Å². The predicted molar refractivity (Wildman–Crippen MR) is 165 cm³/mol. The minimum atomic E-state index is 0.392. The second-order valence-electron chi connectivity index (χ2n) is 13.4. The van der Waals surface area contributed by atoms with Gasteiger partial charge in [-0.1, -0.05) is 92.5 Å². The zero-order valence-electron chi connectivity index (χ0n) is 24.9. The van der Waals surface area contributed by atoms with Crippen LogP contribution in [0.15, 0.2) is 75.6 Å². The molecule has 2 saturated carbocycles. The molecule has 0 heterocycles. The van der Waals surface area contributed by atoms with Crippen molar-refractivity contribution in [1.29, 1.82) is 0 Å². The van der Waals surface area contributed by atoms with Crippen molar-refractivity contribution in [3.05, 3.63) is 75.6 Å². The fraction of sp³-hybridized carbons (Fsp3) is 0.632. The molecule has 0 saturated heterocycles. The van der Waals surface area contributed by atoms with E-state index in [0.29, 0.717) is 17.6 Å². The van der Waals surface area contributed by atoms with Crippen LogP contribution in [0.5, 0.6) is 0 Å². The van der Waals surface area contributed by atoms with E-state index in [4.69, 9.17) is 0 Å². The van der Waals surface area contributed by atoms with Crippen molar-refractivity contribution >= 4 is 5.78 Å².